The number of nitrogens with one attached hydrogen (secondary N) is 1. The summed E-state index contributed by atoms with van der Waals surface area (Å²) >= 11 is 1.18. The van der Waals surface area contributed by atoms with Gasteiger partial charge in [-0.1, -0.05) is 19.4 Å². The van der Waals surface area contributed by atoms with Gasteiger partial charge in [0.2, 0.25) is 5.91 Å². The Kier molecular flexibility index (Phi) is 8.10. The van der Waals surface area contributed by atoms with Gasteiger partial charge in [-0.3, -0.25) is 24.0 Å². The molecular weight excluding hydrogens is 468 g/mol. The molecule has 0 atom stereocenters. The fourth-order valence-electron chi connectivity index (χ4n) is 3.78. The Morgan fingerprint density at radius 3 is 2.48 bits per heavy atom. The summed E-state index contributed by atoms with van der Waals surface area (Å²) in [5, 5.41) is 1.72. The predicted molar refractivity (Wildman–Crippen MR) is 128 cm³/mol. The molecule has 3 N–H and O–H groups in total. The number of hydrogen-bond acceptors (Lipinski definition) is 8. The van der Waals surface area contributed by atoms with Crippen molar-refractivity contribution in [3.63, 3.8) is 0 Å². The number of nitrogen functional groups attached to an aromatic ring is 1. The number of aromatic amines is 1. The van der Waals surface area contributed by atoms with Crippen LogP contribution in [-0.2, 0) is 21.4 Å². The maximum Gasteiger partial charge on any atom is 0.330 e. The number of aromatic nitrogens is 2. The average Bonchev–Trinajstić information content (AvgIpc) is 3.32. The molecule has 1 amide bonds. The highest BCUT2D eigenvalue weighted by atomic mass is 32.2. The molecule has 1 fully saturated rings. The van der Waals surface area contributed by atoms with E-state index in [0.29, 0.717) is 30.3 Å². The topological polar surface area (TPSA) is 142 Å². The van der Waals surface area contributed by atoms with Gasteiger partial charge in [0.25, 0.3) is 15.6 Å². The van der Waals surface area contributed by atoms with Crippen LogP contribution in [0.25, 0.3) is 0 Å². The van der Waals surface area contributed by atoms with E-state index in [4.69, 9.17) is 5.73 Å². The molecule has 13 heteroatoms. The number of rotatable bonds is 9. The first-order chi connectivity index (χ1) is 15.7. The number of piperazine rings is 1. The number of likely N-dealkylation sites (N-methyl/N-ethyl adjacent to an activating group) is 1. The van der Waals surface area contributed by atoms with E-state index in [0.717, 1.165) is 6.42 Å². The Bertz CT molecular complexity index is 1180. The van der Waals surface area contributed by atoms with Gasteiger partial charge in [0.1, 0.15) is 10.0 Å². The van der Waals surface area contributed by atoms with Crippen LogP contribution in [0.3, 0.4) is 0 Å². The lowest BCUT2D eigenvalue weighted by Crippen LogP contribution is -2.52. The first-order valence-electron chi connectivity index (χ1n) is 10.9. The summed E-state index contributed by atoms with van der Waals surface area (Å²) < 4.78 is 28.4. The highest BCUT2D eigenvalue weighted by Crippen LogP contribution is 2.22. The Labute approximate surface area is 196 Å². The van der Waals surface area contributed by atoms with E-state index in [1.165, 1.54) is 25.1 Å². The van der Waals surface area contributed by atoms with E-state index in [-0.39, 0.29) is 43.6 Å². The fraction of sp³-hybridized carbons (Fsp3) is 0.550. The van der Waals surface area contributed by atoms with Gasteiger partial charge >= 0.3 is 5.69 Å². The minimum absolute atomic E-state index is 0.00763. The average molecular weight is 499 g/mol. The molecule has 3 heterocycles. The van der Waals surface area contributed by atoms with Crippen molar-refractivity contribution in [2.45, 2.75) is 37.4 Å². The molecule has 11 nitrogen and oxygen atoms in total. The molecule has 33 heavy (non-hydrogen) atoms. The monoisotopic (exact) mass is 498 g/mol. The second-order valence-electron chi connectivity index (χ2n) is 7.75. The molecule has 0 saturated carbocycles. The van der Waals surface area contributed by atoms with Crippen LogP contribution in [0.4, 0.5) is 11.5 Å². The summed E-state index contributed by atoms with van der Waals surface area (Å²) in [4.78, 5) is 43.2. The summed E-state index contributed by atoms with van der Waals surface area (Å²) in [6.07, 6.45) is 1.54. The van der Waals surface area contributed by atoms with Gasteiger partial charge in [-0.25, -0.2) is 13.2 Å². The number of H-pyrrole nitrogens is 1. The first-order valence-corrected chi connectivity index (χ1v) is 13.2. The number of amides is 1. The normalized spacial score (nSPS) is 15.6. The van der Waals surface area contributed by atoms with Gasteiger partial charge in [0.15, 0.2) is 5.69 Å². The lowest BCUT2D eigenvalue weighted by atomic mass is 10.3. The number of anilines is 2. The van der Waals surface area contributed by atoms with Crippen molar-refractivity contribution >= 4 is 38.8 Å². The van der Waals surface area contributed by atoms with Gasteiger partial charge < -0.3 is 10.6 Å². The van der Waals surface area contributed by atoms with Crippen LogP contribution in [0.1, 0.15) is 26.7 Å². The molecular formula is C20H30N6O5S2. The van der Waals surface area contributed by atoms with Gasteiger partial charge in [-0.15, -0.1) is 11.3 Å². The van der Waals surface area contributed by atoms with Crippen molar-refractivity contribution in [2.75, 3.05) is 49.9 Å². The van der Waals surface area contributed by atoms with Gasteiger partial charge in [0.05, 0.1) is 6.54 Å². The molecule has 3 rings (SSSR count). The minimum atomic E-state index is -3.53. The van der Waals surface area contributed by atoms with Crippen LogP contribution in [-0.4, -0.2) is 72.3 Å². The Morgan fingerprint density at radius 2 is 1.91 bits per heavy atom. The predicted octanol–water partition coefficient (Wildman–Crippen LogP) is 0.340. The largest absolute Gasteiger partial charge is 0.383 e. The zero-order chi connectivity index (χ0) is 24.2. The van der Waals surface area contributed by atoms with Crippen molar-refractivity contribution in [1.29, 1.82) is 0 Å². The Balaban J connectivity index is 1.71. The molecule has 0 aliphatic carbocycles. The van der Waals surface area contributed by atoms with Crippen molar-refractivity contribution in [2.24, 2.45) is 0 Å². The molecule has 0 unspecified atom stereocenters. The van der Waals surface area contributed by atoms with Gasteiger partial charge in [0, 0.05) is 39.3 Å². The van der Waals surface area contributed by atoms with E-state index in [1.807, 2.05) is 11.8 Å². The number of thiophene rings is 1. The summed E-state index contributed by atoms with van der Waals surface area (Å²) in [5.74, 6) is -0.371. The van der Waals surface area contributed by atoms with Crippen molar-refractivity contribution in [3.8, 4) is 0 Å². The number of sulfonamides is 1. The smallest absolute Gasteiger partial charge is 0.330 e. The highest BCUT2D eigenvalue weighted by Gasteiger charge is 2.31. The maximum atomic E-state index is 13.1. The fourth-order valence-corrected chi connectivity index (χ4v) is 6.34. The minimum Gasteiger partial charge on any atom is -0.383 e. The third kappa shape index (κ3) is 5.37. The van der Waals surface area contributed by atoms with Crippen LogP contribution in [0.2, 0.25) is 0 Å². The van der Waals surface area contributed by atoms with Crippen LogP contribution in [0, 0.1) is 0 Å². The second-order valence-corrected chi connectivity index (χ2v) is 10.9. The quantitative estimate of drug-likeness (QED) is 0.508. The number of carbonyl (C=O) groups excluding carboxylic acids is 1. The second kappa shape index (κ2) is 10.6. The number of unbranched alkanes of at least 4 members (excludes halogenated alkanes) is 1. The summed E-state index contributed by atoms with van der Waals surface area (Å²) in [7, 11) is -3.53. The summed E-state index contributed by atoms with van der Waals surface area (Å²) in [6.45, 7) is 5.56. The van der Waals surface area contributed by atoms with Crippen LogP contribution in [0.5, 0.6) is 0 Å². The van der Waals surface area contributed by atoms with E-state index in [9.17, 15) is 22.8 Å². The molecule has 1 saturated heterocycles. The first kappa shape index (κ1) is 25.1. The van der Waals surface area contributed by atoms with Crippen molar-refractivity contribution < 1.29 is 13.2 Å². The molecule has 1 aliphatic rings. The molecule has 1 aliphatic heterocycles. The highest BCUT2D eigenvalue weighted by molar-refractivity contribution is 7.91. The lowest BCUT2D eigenvalue weighted by Gasteiger charge is -2.34. The Morgan fingerprint density at radius 1 is 1.21 bits per heavy atom. The molecule has 2 aromatic heterocycles. The number of hydrogen-bond donors (Lipinski definition) is 2. The van der Waals surface area contributed by atoms with Crippen LogP contribution < -0.4 is 21.9 Å². The van der Waals surface area contributed by atoms with Crippen molar-refractivity contribution in [1.82, 2.24) is 18.8 Å². The lowest BCUT2D eigenvalue weighted by molar-refractivity contribution is -0.120. The van der Waals surface area contributed by atoms with Gasteiger partial charge in [-0.2, -0.15) is 4.31 Å². The van der Waals surface area contributed by atoms with E-state index < -0.39 is 21.3 Å². The molecule has 0 radical (unpaired) electrons. The third-order valence-corrected chi connectivity index (χ3v) is 8.89. The SMILES string of the molecule is CCCCn1c(N)c(N(CC)C(=O)CN2CCN(S(=O)(=O)c3cccs3)CC2)c(=O)[nH]c1=O. The summed E-state index contributed by atoms with van der Waals surface area (Å²) in [5.41, 5.74) is 4.82. The zero-order valence-electron chi connectivity index (χ0n) is 18.8. The van der Waals surface area contributed by atoms with E-state index in [1.54, 1.807) is 24.4 Å². The number of carbonyl (C=O) groups is 1. The van der Waals surface area contributed by atoms with E-state index >= 15 is 0 Å². The van der Waals surface area contributed by atoms with Crippen molar-refractivity contribution in [3.05, 3.63) is 38.4 Å². The maximum absolute atomic E-state index is 13.1. The molecule has 0 aromatic carbocycles. The molecule has 2 aromatic rings. The summed E-state index contributed by atoms with van der Waals surface area (Å²) in [6, 6.07) is 3.28. The Hall–Kier alpha value is -2.48. The number of nitrogens with zero attached hydrogens (tertiary/aromatic N) is 4. The van der Waals surface area contributed by atoms with Crippen LogP contribution in [0.15, 0.2) is 31.3 Å². The third-order valence-electron chi connectivity index (χ3n) is 5.62. The zero-order valence-corrected chi connectivity index (χ0v) is 20.5. The number of nitrogens with two attached hydrogens (primary N) is 1. The molecule has 182 valence electrons. The molecule has 0 bridgehead atoms. The van der Waals surface area contributed by atoms with E-state index in [2.05, 4.69) is 4.98 Å². The van der Waals surface area contributed by atoms with Gasteiger partial charge in [-0.05, 0) is 24.8 Å². The van der Waals surface area contributed by atoms with Crippen LogP contribution >= 0.6 is 11.3 Å². The molecule has 0 spiro atoms. The standard InChI is InChI=1S/C20H30N6O5S2/c1-3-5-8-26-18(21)17(19(28)22-20(26)29)25(4-2)15(27)14-23-9-11-24(12-10-23)33(30,31)16-7-6-13-32-16/h6-7,13H,3-5,8-12,14,21H2,1-2H3,(H,22,28,29).